The van der Waals surface area contributed by atoms with Gasteiger partial charge in [0.15, 0.2) is 10.8 Å². The fourth-order valence-corrected chi connectivity index (χ4v) is 2.28. The van der Waals surface area contributed by atoms with Crippen LogP contribution in [0.5, 0.6) is 0 Å². The zero-order valence-corrected chi connectivity index (χ0v) is 10.6. The lowest BCUT2D eigenvalue weighted by Gasteiger charge is -1.96. The summed E-state index contributed by atoms with van der Waals surface area (Å²) in [6, 6.07) is 0. The van der Waals surface area contributed by atoms with Crippen molar-refractivity contribution >= 4 is 11.3 Å². The first-order valence-corrected chi connectivity index (χ1v) is 6.03. The van der Waals surface area contributed by atoms with Crippen LogP contribution >= 0.6 is 11.3 Å². The Kier molecular flexibility index (Phi) is 3.78. The Balaban J connectivity index is 2.35. The Hall–Kier alpha value is -1.37. The van der Waals surface area contributed by atoms with Crippen LogP contribution in [-0.2, 0) is 17.9 Å². The van der Waals surface area contributed by atoms with E-state index < -0.39 is 0 Å². The van der Waals surface area contributed by atoms with Crippen molar-refractivity contribution in [2.24, 2.45) is 5.73 Å². The third kappa shape index (κ3) is 2.66. The Morgan fingerprint density at radius 1 is 1.35 bits per heavy atom. The highest BCUT2D eigenvalue weighted by Crippen LogP contribution is 2.25. The lowest BCUT2D eigenvalue weighted by atomic mass is 10.4. The van der Waals surface area contributed by atoms with Crippen LogP contribution in [-0.4, -0.2) is 22.1 Å². The highest BCUT2D eigenvalue weighted by Gasteiger charge is 2.12. The summed E-state index contributed by atoms with van der Waals surface area (Å²) in [5.74, 6) is 0.637. The summed E-state index contributed by atoms with van der Waals surface area (Å²) in [4.78, 5) is 14.0. The van der Waals surface area contributed by atoms with Gasteiger partial charge in [0.2, 0.25) is 0 Å². The van der Waals surface area contributed by atoms with Crippen LogP contribution in [0, 0.1) is 6.92 Å². The average Bonchev–Trinajstić information content (AvgIpc) is 2.74. The van der Waals surface area contributed by atoms with E-state index in [9.17, 15) is 0 Å². The molecule has 0 spiro atoms. The summed E-state index contributed by atoms with van der Waals surface area (Å²) in [6.07, 6.45) is 3.56. The maximum atomic E-state index is 5.67. The number of methoxy groups -OCH3 is 1. The molecule has 0 fully saturated rings. The zero-order valence-electron chi connectivity index (χ0n) is 9.80. The molecule has 0 bridgehead atoms. The smallest absolute Gasteiger partial charge is 0.188 e. The van der Waals surface area contributed by atoms with Gasteiger partial charge in [0.05, 0.1) is 12.3 Å². The molecule has 0 aliphatic carbocycles. The van der Waals surface area contributed by atoms with Gasteiger partial charge in [-0.1, -0.05) is 0 Å². The average molecular weight is 250 g/mol. The van der Waals surface area contributed by atoms with Gasteiger partial charge in [0.1, 0.15) is 0 Å². The molecule has 5 nitrogen and oxygen atoms in total. The highest BCUT2D eigenvalue weighted by atomic mass is 32.1. The number of thiazole rings is 1. The fraction of sp³-hybridized carbons (Fsp3) is 0.364. The van der Waals surface area contributed by atoms with E-state index >= 15 is 0 Å². The van der Waals surface area contributed by atoms with Crippen molar-refractivity contribution in [1.82, 2.24) is 15.0 Å². The third-order valence-corrected chi connectivity index (χ3v) is 3.33. The third-order valence-electron chi connectivity index (χ3n) is 2.22. The zero-order chi connectivity index (χ0) is 12.3. The van der Waals surface area contributed by atoms with Gasteiger partial charge in [-0.15, -0.1) is 11.3 Å². The van der Waals surface area contributed by atoms with Crippen molar-refractivity contribution in [1.29, 1.82) is 0 Å². The number of nitrogens with zero attached hydrogens (tertiary/aromatic N) is 3. The Morgan fingerprint density at radius 3 is 2.65 bits per heavy atom. The van der Waals surface area contributed by atoms with Crippen LogP contribution in [0.1, 0.15) is 16.1 Å². The van der Waals surface area contributed by atoms with Gasteiger partial charge < -0.3 is 10.5 Å². The van der Waals surface area contributed by atoms with Crippen LogP contribution in [0.15, 0.2) is 12.4 Å². The second kappa shape index (κ2) is 5.31. The summed E-state index contributed by atoms with van der Waals surface area (Å²) >= 11 is 1.52. The first kappa shape index (κ1) is 12.1. The van der Waals surface area contributed by atoms with E-state index in [-0.39, 0.29) is 0 Å². The number of aromatic nitrogens is 3. The van der Waals surface area contributed by atoms with Crippen molar-refractivity contribution in [3.63, 3.8) is 0 Å². The summed E-state index contributed by atoms with van der Waals surface area (Å²) in [6.45, 7) is 2.88. The highest BCUT2D eigenvalue weighted by molar-refractivity contribution is 7.15. The molecule has 0 unspecified atom stereocenters. The lowest BCUT2D eigenvalue weighted by molar-refractivity contribution is 0.181. The van der Waals surface area contributed by atoms with Crippen LogP contribution in [0.3, 0.4) is 0 Å². The fourth-order valence-electron chi connectivity index (χ4n) is 1.39. The first-order chi connectivity index (χ1) is 8.24. The normalized spacial score (nSPS) is 10.8. The molecule has 2 aromatic heterocycles. The number of rotatable bonds is 4. The van der Waals surface area contributed by atoms with Crippen LogP contribution in [0.2, 0.25) is 0 Å². The number of ether oxygens (including phenoxy) is 1. The molecule has 17 heavy (non-hydrogen) atoms. The monoisotopic (exact) mass is 250 g/mol. The molecule has 0 saturated carbocycles. The van der Waals surface area contributed by atoms with Gasteiger partial charge in [0.25, 0.3) is 0 Å². The van der Waals surface area contributed by atoms with Crippen LogP contribution < -0.4 is 5.73 Å². The molecule has 2 rings (SSSR count). The van der Waals surface area contributed by atoms with Crippen LogP contribution in [0.4, 0.5) is 0 Å². The molecule has 0 atom stereocenters. The van der Waals surface area contributed by atoms with E-state index in [4.69, 9.17) is 10.5 Å². The number of hydrogen-bond acceptors (Lipinski definition) is 6. The standard InChI is InChI=1S/C11H14N4OS/c1-7-4-13-10(14-5-7)11-15-8(6-16-2)9(3-12)17-11/h4-5H,3,6,12H2,1-2H3. The van der Waals surface area contributed by atoms with E-state index in [1.54, 1.807) is 19.5 Å². The van der Waals surface area contributed by atoms with Crippen molar-refractivity contribution in [2.45, 2.75) is 20.1 Å². The Bertz CT molecular complexity index is 495. The quantitative estimate of drug-likeness (QED) is 0.890. The largest absolute Gasteiger partial charge is 0.378 e. The molecule has 2 heterocycles. The number of aryl methyl sites for hydroxylation is 1. The molecule has 0 aliphatic heterocycles. The van der Waals surface area contributed by atoms with E-state index in [1.807, 2.05) is 6.92 Å². The number of hydrogen-bond donors (Lipinski definition) is 1. The molecule has 0 aromatic carbocycles. The van der Waals surface area contributed by atoms with Gasteiger partial charge in [-0.3, -0.25) is 0 Å². The molecular weight excluding hydrogens is 236 g/mol. The molecule has 2 aromatic rings. The van der Waals surface area contributed by atoms with Gasteiger partial charge in [-0.2, -0.15) is 0 Å². The minimum Gasteiger partial charge on any atom is -0.378 e. The minimum atomic E-state index is 0.461. The molecule has 0 amide bonds. The summed E-state index contributed by atoms with van der Waals surface area (Å²) in [7, 11) is 1.64. The molecule has 0 radical (unpaired) electrons. The molecule has 2 N–H and O–H groups in total. The maximum Gasteiger partial charge on any atom is 0.188 e. The summed E-state index contributed by atoms with van der Waals surface area (Å²) in [5, 5.41) is 0.789. The predicted molar refractivity (Wildman–Crippen MR) is 66.5 cm³/mol. The molecule has 0 aliphatic rings. The Labute approximate surface area is 104 Å². The molecule has 6 heteroatoms. The molecule has 90 valence electrons. The minimum absolute atomic E-state index is 0.461. The van der Waals surface area contributed by atoms with Gasteiger partial charge >= 0.3 is 0 Å². The summed E-state index contributed by atoms with van der Waals surface area (Å²) in [5.41, 5.74) is 7.57. The number of nitrogens with two attached hydrogens (primary N) is 1. The van der Waals surface area contributed by atoms with Crippen molar-refractivity contribution in [2.75, 3.05) is 7.11 Å². The SMILES string of the molecule is COCc1nc(-c2ncc(C)cn2)sc1CN. The van der Waals surface area contributed by atoms with Crippen molar-refractivity contribution in [3.8, 4) is 10.8 Å². The van der Waals surface area contributed by atoms with Crippen molar-refractivity contribution in [3.05, 3.63) is 28.5 Å². The molecule has 0 saturated heterocycles. The second-order valence-corrected chi connectivity index (χ2v) is 4.69. The van der Waals surface area contributed by atoms with Gasteiger partial charge in [-0.05, 0) is 12.5 Å². The van der Waals surface area contributed by atoms with E-state index in [2.05, 4.69) is 15.0 Å². The van der Waals surface area contributed by atoms with Gasteiger partial charge in [0, 0.05) is 30.9 Å². The van der Waals surface area contributed by atoms with E-state index in [0.29, 0.717) is 19.0 Å². The molecular formula is C11H14N4OS. The first-order valence-electron chi connectivity index (χ1n) is 5.21. The summed E-state index contributed by atoms with van der Waals surface area (Å²) < 4.78 is 5.09. The van der Waals surface area contributed by atoms with Crippen LogP contribution in [0.25, 0.3) is 10.8 Å². The van der Waals surface area contributed by atoms with Gasteiger partial charge in [-0.25, -0.2) is 15.0 Å². The van der Waals surface area contributed by atoms with Crippen molar-refractivity contribution < 1.29 is 4.74 Å². The Morgan fingerprint density at radius 2 is 2.06 bits per heavy atom. The lowest BCUT2D eigenvalue weighted by Crippen LogP contribution is -1.99. The predicted octanol–water partition coefficient (Wildman–Crippen LogP) is 1.51. The van der Waals surface area contributed by atoms with E-state index in [0.717, 1.165) is 21.1 Å². The van der Waals surface area contributed by atoms with E-state index in [1.165, 1.54) is 11.3 Å². The second-order valence-electron chi connectivity index (χ2n) is 3.61. The topological polar surface area (TPSA) is 73.9 Å². The maximum absolute atomic E-state index is 5.67.